The third kappa shape index (κ3) is 4.60. The van der Waals surface area contributed by atoms with Gasteiger partial charge in [-0.05, 0) is 62.1 Å². The summed E-state index contributed by atoms with van der Waals surface area (Å²) >= 11 is 0. The topological polar surface area (TPSA) is 79.7 Å². The van der Waals surface area contributed by atoms with Gasteiger partial charge in [-0.25, -0.2) is 8.42 Å². The molecule has 3 heterocycles. The number of hydrogen-bond acceptors (Lipinski definition) is 4. The first-order valence-corrected chi connectivity index (χ1v) is 13.5. The average molecular weight is 474 g/mol. The third-order valence-corrected chi connectivity index (χ3v) is 9.05. The summed E-state index contributed by atoms with van der Waals surface area (Å²) in [5, 5.41) is 0.284. The molecule has 0 saturated carbocycles. The van der Waals surface area contributed by atoms with Crippen molar-refractivity contribution in [1.29, 1.82) is 0 Å². The molecule has 2 aliphatic heterocycles. The standard InChI is InChI=1S/C25H35N3O4S/c1-5-26-16-22(25(30)27-14-18(3)12-19(4)15-27)24(29)21-13-20(6-7-23(21)26)33(31,32)28-10-8-17(2)9-11-28/h6-7,13,16-19H,5,8-12,14-15H2,1-4H3. The Labute approximate surface area is 196 Å². The molecule has 2 aromatic rings. The highest BCUT2D eigenvalue weighted by Gasteiger charge is 2.30. The fraction of sp³-hybridized carbons (Fsp3) is 0.600. The minimum atomic E-state index is -3.69. The van der Waals surface area contributed by atoms with Crippen molar-refractivity contribution < 1.29 is 13.2 Å². The second-order valence-electron chi connectivity index (χ2n) is 10.1. The van der Waals surface area contributed by atoms with E-state index in [4.69, 9.17) is 0 Å². The van der Waals surface area contributed by atoms with Crippen LogP contribution in [0, 0.1) is 17.8 Å². The maximum atomic E-state index is 13.5. The van der Waals surface area contributed by atoms with E-state index in [9.17, 15) is 18.0 Å². The fourth-order valence-corrected chi connectivity index (χ4v) is 6.82. The molecule has 4 rings (SSSR count). The molecule has 2 unspecified atom stereocenters. The molecule has 2 fully saturated rings. The van der Waals surface area contributed by atoms with Crippen molar-refractivity contribution in [2.75, 3.05) is 26.2 Å². The number of carbonyl (C=O) groups is 1. The second kappa shape index (κ2) is 9.22. The van der Waals surface area contributed by atoms with Gasteiger partial charge in [0.25, 0.3) is 5.91 Å². The Balaban J connectivity index is 1.77. The van der Waals surface area contributed by atoms with E-state index in [0.29, 0.717) is 56.0 Å². The minimum Gasteiger partial charge on any atom is -0.347 e. The summed E-state index contributed by atoms with van der Waals surface area (Å²) in [6.07, 6.45) is 4.37. The van der Waals surface area contributed by atoms with E-state index in [2.05, 4.69) is 20.8 Å². The van der Waals surface area contributed by atoms with Crippen molar-refractivity contribution in [2.24, 2.45) is 17.8 Å². The van der Waals surface area contributed by atoms with E-state index < -0.39 is 15.5 Å². The van der Waals surface area contributed by atoms with E-state index in [0.717, 1.165) is 19.3 Å². The van der Waals surface area contributed by atoms with E-state index in [-0.39, 0.29) is 21.8 Å². The Kier molecular flexibility index (Phi) is 6.69. The van der Waals surface area contributed by atoms with Crippen molar-refractivity contribution in [1.82, 2.24) is 13.8 Å². The zero-order chi connectivity index (χ0) is 23.9. The summed E-state index contributed by atoms with van der Waals surface area (Å²) in [5.74, 6) is 1.02. The largest absolute Gasteiger partial charge is 0.347 e. The van der Waals surface area contributed by atoms with E-state index >= 15 is 0 Å². The molecule has 2 atom stereocenters. The molecule has 0 radical (unpaired) electrons. The van der Waals surface area contributed by atoms with Crippen LogP contribution in [0.15, 0.2) is 34.1 Å². The Morgan fingerprint density at radius 1 is 1.03 bits per heavy atom. The van der Waals surface area contributed by atoms with Crippen molar-refractivity contribution in [3.05, 3.63) is 40.2 Å². The first-order chi connectivity index (χ1) is 15.6. The highest BCUT2D eigenvalue weighted by atomic mass is 32.2. The van der Waals surface area contributed by atoms with Crippen LogP contribution in [-0.2, 0) is 16.6 Å². The Morgan fingerprint density at radius 3 is 2.27 bits per heavy atom. The average Bonchev–Trinajstić information content (AvgIpc) is 2.78. The maximum absolute atomic E-state index is 13.5. The van der Waals surface area contributed by atoms with Crippen molar-refractivity contribution >= 4 is 26.8 Å². The first kappa shape index (κ1) is 24.0. The van der Waals surface area contributed by atoms with E-state index in [1.807, 2.05) is 11.5 Å². The second-order valence-corrected chi connectivity index (χ2v) is 12.0. The molecule has 1 aromatic carbocycles. The van der Waals surface area contributed by atoms with Crippen LogP contribution in [-0.4, -0.2) is 54.3 Å². The predicted octanol–water partition coefficient (Wildman–Crippen LogP) is 3.56. The van der Waals surface area contributed by atoms with Crippen LogP contribution in [0.1, 0.15) is 57.3 Å². The Bertz CT molecular complexity index is 1200. The summed E-state index contributed by atoms with van der Waals surface area (Å²) in [4.78, 5) is 28.7. The molecule has 180 valence electrons. The monoisotopic (exact) mass is 473 g/mol. The number of carbonyl (C=O) groups excluding carboxylic acids is 1. The van der Waals surface area contributed by atoms with Gasteiger partial charge in [-0.1, -0.05) is 20.8 Å². The van der Waals surface area contributed by atoms with Gasteiger partial charge in [0.2, 0.25) is 15.5 Å². The number of hydrogen-bond donors (Lipinski definition) is 0. The van der Waals surface area contributed by atoms with Gasteiger partial charge < -0.3 is 9.47 Å². The van der Waals surface area contributed by atoms with Crippen molar-refractivity contribution in [3.63, 3.8) is 0 Å². The van der Waals surface area contributed by atoms with Gasteiger partial charge in [0.15, 0.2) is 0 Å². The zero-order valence-corrected chi connectivity index (χ0v) is 20.9. The molecule has 7 nitrogen and oxygen atoms in total. The fourth-order valence-electron chi connectivity index (χ4n) is 5.32. The summed E-state index contributed by atoms with van der Waals surface area (Å²) in [6.45, 7) is 11.1. The lowest BCUT2D eigenvalue weighted by molar-refractivity contribution is 0.0621. The lowest BCUT2D eigenvalue weighted by Crippen LogP contribution is -2.44. The van der Waals surface area contributed by atoms with Crippen LogP contribution < -0.4 is 5.43 Å². The maximum Gasteiger partial charge on any atom is 0.259 e. The van der Waals surface area contributed by atoms with Gasteiger partial charge in [0, 0.05) is 44.3 Å². The van der Waals surface area contributed by atoms with Gasteiger partial charge >= 0.3 is 0 Å². The Hall–Kier alpha value is -2.19. The summed E-state index contributed by atoms with van der Waals surface area (Å²) in [7, 11) is -3.69. The number of sulfonamides is 1. The lowest BCUT2D eigenvalue weighted by Gasteiger charge is -2.35. The smallest absolute Gasteiger partial charge is 0.259 e. The normalized spacial score (nSPS) is 23.2. The summed E-state index contributed by atoms with van der Waals surface area (Å²) in [5.41, 5.74) is 0.368. The molecule has 2 saturated heterocycles. The molecule has 8 heteroatoms. The highest BCUT2D eigenvalue weighted by molar-refractivity contribution is 7.89. The number of pyridine rings is 1. The Morgan fingerprint density at radius 2 is 1.67 bits per heavy atom. The molecule has 1 amide bonds. The molecular weight excluding hydrogens is 438 g/mol. The summed E-state index contributed by atoms with van der Waals surface area (Å²) < 4.78 is 29.9. The molecule has 2 aliphatic rings. The molecule has 0 spiro atoms. The molecule has 0 aliphatic carbocycles. The number of amides is 1. The molecule has 1 aromatic heterocycles. The number of fused-ring (bicyclic) bond motifs is 1. The van der Waals surface area contributed by atoms with Crippen molar-refractivity contribution in [3.8, 4) is 0 Å². The SMILES string of the molecule is CCn1cc(C(=O)N2CC(C)CC(C)C2)c(=O)c2cc(S(=O)(=O)N3CCC(C)CC3)ccc21. The first-order valence-electron chi connectivity index (χ1n) is 12.1. The molecule has 0 bridgehead atoms. The number of rotatable bonds is 4. The van der Waals surface area contributed by atoms with Crippen LogP contribution in [0.5, 0.6) is 0 Å². The molecule has 0 N–H and O–H groups in total. The van der Waals surface area contributed by atoms with Gasteiger partial charge in [-0.2, -0.15) is 4.31 Å². The van der Waals surface area contributed by atoms with Gasteiger partial charge in [-0.15, -0.1) is 0 Å². The van der Waals surface area contributed by atoms with Gasteiger partial charge in [-0.3, -0.25) is 9.59 Å². The van der Waals surface area contributed by atoms with Gasteiger partial charge in [0.05, 0.1) is 10.4 Å². The number of piperidine rings is 2. The third-order valence-electron chi connectivity index (χ3n) is 7.16. The predicted molar refractivity (Wildman–Crippen MR) is 130 cm³/mol. The van der Waals surface area contributed by atoms with Crippen LogP contribution in [0.3, 0.4) is 0 Å². The zero-order valence-electron chi connectivity index (χ0n) is 20.1. The number of aromatic nitrogens is 1. The number of likely N-dealkylation sites (tertiary alicyclic amines) is 1. The highest BCUT2D eigenvalue weighted by Crippen LogP contribution is 2.26. The molecular formula is C25H35N3O4S. The van der Waals surface area contributed by atoms with Crippen LogP contribution in [0.25, 0.3) is 10.9 Å². The van der Waals surface area contributed by atoms with E-state index in [1.165, 1.54) is 10.4 Å². The van der Waals surface area contributed by atoms with Crippen LogP contribution in [0.2, 0.25) is 0 Å². The number of benzene rings is 1. The van der Waals surface area contributed by atoms with Crippen molar-refractivity contribution in [2.45, 2.75) is 58.4 Å². The van der Waals surface area contributed by atoms with E-state index in [1.54, 1.807) is 23.2 Å². The number of aryl methyl sites for hydroxylation is 1. The van der Waals surface area contributed by atoms with Crippen LogP contribution >= 0.6 is 0 Å². The van der Waals surface area contributed by atoms with Crippen LogP contribution in [0.4, 0.5) is 0 Å². The lowest BCUT2D eigenvalue weighted by atomic mass is 9.91. The van der Waals surface area contributed by atoms with Gasteiger partial charge in [0.1, 0.15) is 5.56 Å². The quantitative estimate of drug-likeness (QED) is 0.680. The minimum absolute atomic E-state index is 0.118. The number of nitrogens with zero attached hydrogens (tertiary/aromatic N) is 3. The summed E-state index contributed by atoms with van der Waals surface area (Å²) in [6, 6.07) is 4.74. The molecule has 33 heavy (non-hydrogen) atoms.